The number of rotatable bonds is 2. The zero-order chi connectivity index (χ0) is 16.4. The lowest BCUT2D eigenvalue weighted by Crippen LogP contribution is -2.12. The van der Waals surface area contributed by atoms with E-state index in [0.29, 0.717) is 5.92 Å². The topological polar surface area (TPSA) is 12.0 Å². The molecule has 1 aliphatic heterocycles. The van der Waals surface area contributed by atoms with Gasteiger partial charge in [-0.25, -0.2) is 0 Å². The number of para-hydroxylation sites is 1. The van der Waals surface area contributed by atoms with Gasteiger partial charge in [0.2, 0.25) is 0 Å². The fourth-order valence-electron chi connectivity index (χ4n) is 4.20. The van der Waals surface area contributed by atoms with Crippen LogP contribution in [0.5, 0.6) is 0 Å². The molecule has 1 nitrogen and oxygen atoms in total. The van der Waals surface area contributed by atoms with Gasteiger partial charge in [-0.15, -0.1) is 0 Å². The van der Waals surface area contributed by atoms with Gasteiger partial charge in [0.05, 0.1) is 11.4 Å². The maximum Gasteiger partial charge on any atom is 0.0529 e. The Morgan fingerprint density at radius 3 is 2.42 bits per heavy atom. The van der Waals surface area contributed by atoms with Crippen LogP contribution < -0.4 is 5.32 Å². The van der Waals surface area contributed by atoms with E-state index in [0.717, 1.165) is 5.92 Å². The Kier molecular flexibility index (Phi) is 4.84. The SMILES string of the molecule is CC(c1ccc2c(c1)Nc1ccccc1S2)C1CCCCCCC1. The molecule has 2 aliphatic rings. The van der Waals surface area contributed by atoms with Crippen LogP contribution in [-0.4, -0.2) is 0 Å². The zero-order valence-electron chi connectivity index (χ0n) is 14.6. The summed E-state index contributed by atoms with van der Waals surface area (Å²) in [5.74, 6) is 1.52. The minimum absolute atomic E-state index is 0.664. The Balaban J connectivity index is 1.55. The first-order valence-electron chi connectivity index (χ1n) is 9.49. The monoisotopic (exact) mass is 337 g/mol. The molecule has 0 amide bonds. The quantitative estimate of drug-likeness (QED) is 0.524. The van der Waals surface area contributed by atoms with Crippen LogP contribution >= 0.6 is 11.8 Å². The van der Waals surface area contributed by atoms with Crippen molar-refractivity contribution < 1.29 is 0 Å². The smallest absolute Gasteiger partial charge is 0.0529 e. The highest BCUT2D eigenvalue weighted by Gasteiger charge is 2.22. The highest BCUT2D eigenvalue weighted by molar-refractivity contribution is 7.99. The lowest BCUT2D eigenvalue weighted by molar-refractivity contribution is 0.335. The normalized spacial score (nSPS) is 19.4. The highest BCUT2D eigenvalue weighted by atomic mass is 32.2. The second-order valence-electron chi connectivity index (χ2n) is 7.37. The number of anilines is 2. The van der Waals surface area contributed by atoms with Crippen LogP contribution in [-0.2, 0) is 0 Å². The maximum atomic E-state index is 3.64. The second kappa shape index (κ2) is 7.23. The third kappa shape index (κ3) is 3.35. The molecule has 0 bridgehead atoms. The molecule has 4 rings (SSSR count). The molecule has 1 unspecified atom stereocenters. The summed E-state index contributed by atoms with van der Waals surface area (Å²) in [4.78, 5) is 2.67. The average molecular weight is 338 g/mol. The Bertz CT molecular complexity index is 701. The number of benzene rings is 2. The summed E-state index contributed by atoms with van der Waals surface area (Å²) < 4.78 is 0. The minimum Gasteiger partial charge on any atom is -0.354 e. The summed E-state index contributed by atoms with van der Waals surface area (Å²) >= 11 is 1.88. The van der Waals surface area contributed by atoms with Gasteiger partial charge in [-0.05, 0) is 54.5 Å². The van der Waals surface area contributed by atoms with Crippen LogP contribution in [0, 0.1) is 5.92 Å². The maximum absolute atomic E-state index is 3.64. The largest absolute Gasteiger partial charge is 0.354 e. The predicted octanol–water partition coefficient (Wildman–Crippen LogP) is 7.36. The highest BCUT2D eigenvalue weighted by Crippen LogP contribution is 2.45. The Morgan fingerprint density at radius 2 is 1.58 bits per heavy atom. The lowest BCUT2D eigenvalue weighted by Gasteiger charge is -2.28. The van der Waals surface area contributed by atoms with Gasteiger partial charge >= 0.3 is 0 Å². The molecule has 1 fully saturated rings. The second-order valence-corrected chi connectivity index (χ2v) is 8.46. The fraction of sp³-hybridized carbons (Fsp3) is 0.455. The van der Waals surface area contributed by atoms with Crippen LogP contribution in [0.4, 0.5) is 11.4 Å². The molecule has 24 heavy (non-hydrogen) atoms. The van der Waals surface area contributed by atoms with E-state index in [9.17, 15) is 0 Å². The first kappa shape index (κ1) is 16.1. The van der Waals surface area contributed by atoms with Crippen molar-refractivity contribution in [2.45, 2.75) is 67.6 Å². The van der Waals surface area contributed by atoms with Crippen molar-refractivity contribution in [1.29, 1.82) is 0 Å². The van der Waals surface area contributed by atoms with Crippen molar-refractivity contribution in [2.24, 2.45) is 5.92 Å². The Hall–Kier alpha value is -1.41. The molecule has 0 saturated heterocycles. The number of nitrogens with one attached hydrogen (secondary N) is 1. The third-order valence-corrected chi connectivity index (χ3v) is 6.91. The molecule has 1 aliphatic carbocycles. The first-order valence-corrected chi connectivity index (χ1v) is 10.3. The zero-order valence-corrected chi connectivity index (χ0v) is 15.4. The Morgan fingerprint density at radius 1 is 0.875 bits per heavy atom. The summed E-state index contributed by atoms with van der Waals surface area (Å²) in [5, 5.41) is 3.64. The molecule has 1 atom stereocenters. The van der Waals surface area contributed by atoms with Crippen molar-refractivity contribution >= 4 is 23.1 Å². The molecule has 0 spiro atoms. The van der Waals surface area contributed by atoms with Gasteiger partial charge in [-0.1, -0.05) is 69.0 Å². The minimum atomic E-state index is 0.664. The average Bonchev–Trinajstić information content (AvgIpc) is 2.58. The lowest BCUT2D eigenvalue weighted by atomic mass is 9.79. The number of hydrogen-bond acceptors (Lipinski definition) is 2. The van der Waals surface area contributed by atoms with E-state index in [1.807, 2.05) is 11.8 Å². The molecular formula is C22H27NS. The summed E-state index contributed by atoms with van der Waals surface area (Å²) in [6.45, 7) is 2.44. The van der Waals surface area contributed by atoms with E-state index in [1.54, 1.807) is 0 Å². The van der Waals surface area contributed by atoms with Crippen molar-refractivity contribution in [2.75, 3.05) is 5.32 Å². The molecule has 2 aromatic rings. The fourth-order valence-corrected chi connectivity index (χ4v) is 5.17. The number of hydrogen-bond donors (Lipinski definition) is 1. The van der Waals surface area contributed by atoms with E-state index in [4.69, 9.17) is 0 Å². The summed E-state index contributed by atoms with van der Waals surface area (Å²) in [7, 11) is 0. The van der Waals surface area contributed by atoms with Crippen molar-refractivity contribution in [1.82, 2.24) is 0 Å². The van der Waals surface area contributed by atoms with Gasteiger partial charge in [-0.2, -0.15) is 0 Å². The van der Waals surface area contributed by atoms with E-state index >= 15 is 0 Å². The van der Waals surface area contributed by atoms with Crippen molar-refractivity contribution in [3.63, 3.8) is 0 Å². The van der Waals surface area contributed by atoms with Crippen LogP contribution in [0.25, 0.3) is 0 Å². The molecule has 0 aromatic heterocycles. The van der Waals surface area contributed by atoms with E-state index in [2.05, 4.69) is 54.7 Å². The van der Waals surface area contributed by atoms with Crippen LogP contribution in [0.1, 0.15) is 63.4 Å². The summed E-state index contributed by atoms with van der Waals surface area (Å²) in [6, 6.07) is 15.7. The van der Waals surface area contributed by atoms with Gasteiger partial charge in [0, 0.05) is 9.79 Å². The predicted molar refractivity (Wildman–Crippen MR) is 105 cm³/mol. The van der Waals surface area contributed by atoms with Gasteiger partial charge in [-0.3, -0.25) is 0 Å². The van der Waals surface area contributed by atoms with E-state index < -0.39 is 0 Å². The summed E-state index contributed by atoms with van der Waals surface area (Å²) in [5.41, 5.74) is 4.03. The Labute approximate surface area is 150 Å². The van der Waals surface area contributed by atoms with Gasteiger partial charge in [0.25, 0.3) is 0 Å². The molecule has 2 aromatic carbocycles. The van der Waals surface area contributed by atoms with Crippen molar-refractivity contribution in [3.05, 3.63) is 48.0 Å². The van der Waals surface area contributed by atoms with Crippen molar-refractivity contribution in [3.8, 4) is 0 Å². The molecular weight excluding hydrogens is 310 g/mol. The van der Waals surface area contributed by atoms with E-state index in [-0.39, 0.29) is 0 Å². The van der Waals surface area contributed by atoms with Crippen LogP contribution in [0.3, 0.4) is 0 Å². The molecule has 126 valence electrons. The van der Waals surface area contributed by atoms with Gasteiger partial charge in [0.1, 0.15) is 0 Å². The summed E-state index contributed by atoms with van der Waals surface area (Å²) in [6.07, 6.45) is 9.96. The van der Waals surface area contributed by atoms with Crippen LogP contribution in [0.2, 0.25) is 0 Å². The van der Waals surface area contributed by atoms with E-state index in [1.165, 1.54) is 71.7 Å². The molecule has 2 heteroatoms. The number of fused-ring (bicyclic) bond motifs is 2. The third-order valence-electron chi connectivity index (χ3n) is 5.76. The standard InChI is InChI=1S/C22H27NS/c1-16(17-9-5-3-2-4-6-10-17)18-13-14-22-20(15-18)23-19-11-7-8-12-21(19)24-22/h7-8,11-17,23H,2-6,9-10H2,1H3. The van der Waals surface area contributed by atoms with Gasteiger partial charge in [0.15, 0.2) is 0 Å². The first-order chi connectivity index (χ1) is 11.8. The molecule has 1 saturated carbocycles. The molecule has 1 heterocycles. The molecule has 1 N–H and O–H groups in total. The van der Waals surface area contributed by atoms with Crippen LogP contribution in [0.15, 0.2) is 52.3 Å². The van der Waals surface area contributed by atoms with Gasteiger partial charge < -0.3 is 5.32 Å². The molecule has 0 radical (unpaired) electrons.